The smallest absolute Gasteiger partial charge is 0.341 e. The molecule has 1 atom stereocenters. The maximum absolute atomic E-state index is 12.4. The van der Waals surface area contributed by atoms with Crippen LogP contribution in [0, 0.1) is 0 Å². The molecule has 0 spiro atoms. The molecule has 1 fully saturated rings. The lowest BCUT2D eigenvalue weighted by molar-refractivity contribution is -0.143. The van der Waals surface area contributed by atoms with E-state index in [2.05, 4.69) is 5.32 Å². The van der Waals surface area contributed by atoms with Gasteiger partial charge in [0.2, 0.25) is 9.84 Å². The number of alkyl halides is 2. The zero-order valence-electron chi connectivity index (χ0n) is 11.7. The molecule has 6 nitrogen and oxygen atoms in total. The summed E-state index contributed by atoms with van der Waals surface area (Å²) in [6, 6.07) is 3.94. The summed E-state index contributed by atoms with van der Waals surface area (Å²) >= 11 is 1.40. The second kappa shape index (κ2) is 6.44. The Morgan fingerprint density at radius 2 is 1.87 bits per heavy atom. The highest BCUT2D eigenvalue weighted by atomic mass is 32.2. The summed E-state index contributed by atoms with van der Waals surface area (Å²) in [5.74, 6) is -4.57. The molecule has 2 N–H and O–H groups in total. The monoisotopic (exact) mass is 365 g/mol. The minimum Gasteiger partial charge on any atom is -0.479 e. The number of hydrogen-bond donors (Lipinski definition) is 2. The van der Waals surface area contributed by atoms with Crippen LogP contribution in [0.5, 0.6) is 0 Å². The standard InChI is InChI=1S/C13H13F2NO5S2/c14-12(15)23(20,21)9-3-1-8(2-4-9)10(17)16-13(11(18)19)5-6-22-7-13/h1-4,12H,5-7H2,(H,16,17)(H,18,19). The summed E-state index contributed by atoms with van der Waals surface area (Å²) in [6.07, 6.45) is 0.274. The molecule has 1 aromatic carbocycles. The molecule has 1 amide bonds. The summed E-state index contributed by atoms with van der Waals surface area (Å²) < 4.78 is 47.5. The Bertz CT molecular complexity index is 712. The first kappa shape index (κ1) is 17.7. The average molecular weight is 365 g/mol. The number of benzene rings is 1. The van der Waals surface area contributed by atoms with Crippen molar-refractivity contribution in [2.45, 2.75) is 22.6 Å². The van der Waals surface area contributed by atoms with Gasteiger partial charge in [-0.25, -0.2) is 13.2 Å². The maximum Gasteiger partial charge on any atom is 0.341 e. The molecule has 0 saturated carbocycles. The van der Waals surface area contributed by atoms with Gasteiger partial charge >= 0.3 is 11.7 Å². The number of sulfone groups is 1. The Morgan fingerprint density at radius 3 is 2.30 bits per heavy atom. The molecule has 0 radical (unpaired) electrons. The first-order valence-electron chi connectivity index (χ1n) is 6.45. The van der Waals surface area contributed by atoms with Crippen molar-refractivity contribution in [2.75, 3.05) is 11.5 Å². The van der Waals surface area contributed by atoms with Crippen LogP contribution in [0.25, 0.3) is 0 Å². The van der Waals surface area contributed by atoms with E-state index >= 15 is 0 Å². The molecule has 0 bridgehead atoms. The van der Waals surface area contributed by atoms with Gasteiger partial charge in [0.1, 0.15) is 5.54 Å². The number of carboxylic acid groups (broad SMARTS) is 1. The molecule has 126 valence electrons. The van der Waals surface area contributed by atoms with E-state index in [4.69, 9.17) is 0 Å². The highest BCUT2D eigenvalue weighted by Gasteiger charge is 2.43. The van der Waals surface area contributed by atoms with Crippen LogP contribution in [0.2, 0.25) is 0 Å². The lowest BCUT2D eigenvalue weighted by Gasteiger charge is -2.24. The van der Waals surface area contributed by atoms with E-state index in [0.717, 1.165) is 24.3 Å². The van der Waals surface area contributed by atoms with Gasteiger partial charge in [-0.05, 0) is 36.4 Å². The van der Waals surface area contributed by atoms with Crippen LogP contribution >= 0.6 is 11.8 Å². The second-order valence-corrected chi connectivity index (χ2v) is 8.00. The fourth-order valence-electron chi connectivity index (χ4n) is 2.07. The normalized spacial score (nSPS) is 21.3. The topological polar surface area (TPSA) is 101 Å². The Kier molecular flexibility index (Phi) is 4.95. The van der Waals surface area contributed by atoms with Crippen molar-refractivity contribution in [2.24, 2.45) is 0 Å². The summed E-state index contributed by atoms with van der Waals surface area (Å²) in [4.78, 5) is 22.9. The fourth-order valence-corrected chi connectivity index (χ4v) is 4.12. The molecule has 1 heterocycles. The molecule has 23 heavy (non-hydrogen) atoms. The molecule has 1 saturated heterocycles. The number of halogens is 2. The van der Waals surface area contributed by atoms with Crippen LogP contribution in [0.1, 0.15) is 16.8 Å². The third-order valence-electron chi connectivity index (χ3n) is 3.46. The average Bonchev–Trinajstić information content (AvgIpc) is 2.97. The molecule has 1 aliphatic rings. The molecule has 1 aromatic rings. The van der Waals surface area contributed by atoms with Crippen LogP contribution in [0.15, 0.2) is 29.2 Å². The second-order valence-electron chi connectivity index (χ2n) is 4.97. The third-order valence-corrected chi connectivity index (χ3v) is 6.05. The maximum atomic E-state index is 12.4. The van der Waals surface area contributed by atoms with E-state index in [1.807, 2.05) is 0 Å². The van der Waals surface area contributed by atoms with Crippen molar-refractivity contribution in [1.29, 1.82) is 0 Å². The molecular weight excluding hydrogens is 352 g/mol. The number of rotatable bonds is 5. The van der Waals surface area contributed by atoms with Crippen molar-refractivity contribution in [3.05, 3.63) is 29.8 Å². The lowest BCUT2D eigenvalue weighted by Crippen LogP contribution is -2.54. The number of amides is 1. The number of carbonyl (C=O) groups excluding carboxylic acids is 1. The van der Waals surface area contributed by atoms with Crippen molar-refractivity contribution in [1.82, 2.24) is 5.32 Å². The van der Waals surface area contributed by atoms with Gasteiger partial charge in [0.15, 0.2) is 0 Å². The fraction of sp³-hybridized carbons (Fsp3) is 0.385. The Hall–Kier alpha value is -1.68. The molecule has 0 aliphatic carbocycles. The largest absolute Gasteiger partial charge is 0.479 e. The van der Waals surface area contributed by atoms with Gasteiger partial charge in [-0.1, -0.05) is 0 Å². The highest BCUT2D eigenvalue weighted by Crippen LogP contribution is 2.28. The summed E-state index contributed by atoms with van der Waals surface area (Å²) in [5.41, 5.74) is -1.37. The number of carboxylic acids is 1. The number of thioether (sulfide) groups is 1. The number of nitrogens with one attached hydrogen (secondary N) is 1. The molecule has 2 rings (SSSR count). The van der Waals surface area contributed by atoms with E-state index in [0.29, 0.717) is 5.75 Å². The van der Waals surface area contributed by atoms with E-state index in [1.165, 1.54) is 11.8 Å². The summed E-state index contributed by atoms with van der Waals surface area (Å²) in [5, 5.41) is 11.7. The predicted octanol–water partition coefficient (Wildman–Crippen LogP) is 1.37. The van der Waals surface area contributed by atoms with Crippen LogP contribution < -0.4 is 5.32 Å². The first-order chi connectivity index (χ1) is 10.7. The van der Waals surface area contributed by atoms with Gasteiger partial charge in [0.25, 0.3) is 5.91 Å². The first-order valence-corrected chi connectivity index (χ1v) is 9.15. The number of carbonyl (C=O) groups is 2. The molecule has 1 unspecified atom stereocenters. The van der Waals surface area contributed by atoms with Crippen molar-refractivity contribution < 1.29 is 31.9 Å². The van der Waals surface area contributed by atoms with Crippen LogP contribution in [0.3, 0.4) is 0 Å². The molecule has 1 aliphatic heterocycles. The highest BCUT2D eigenvalue weighted by molar-refractivity contribution is 7.99. The van der Waals surface area contributed by atoms with Gasteiger partial charge in [0, 0.05) is 11.3 Å². The van der Waals surface area contributed by atoms with Gasteiger partial charge < -0.3 is 10.4 Å². The molecular formula is C13H13F2NO5S2. The number of aliphatic carboxylic acids is 1. The molecule has 0 aromatic heterocycles. The van der Waals surface area contributed by atoms with E-state index in [-0.39, 0.29) is 17.7 Å². The lowest BCUT2D eigenvalue weighted by atomic mass is 9.98. The predicted molar refractivity (Wildman–Crippen MR) is 79.4 cm³/mol. The zero-order valence-corrected chi connectivity index (χ0v) is 13.3. The molecule has 10 heteroatoms. The van der Waals surface area contributed by atoms with Crippen LogP contribution in [-0.4, -0.2) is 48.2 Å². The van der Waals surface area contributed by atoms with Crippen LogP contribution in [0.4, 0.5) is 8.78 Å². The van der Waals surface area contributed by atoms with Crippen LogP contribution in [-0.2, 0) is 14.6 Å². The van der Waals surface area contributed by atoms with Crippen molar-refractivity contribution in [3.63, 3.8) is 0 Å². The number of hydrogen-bond acceptors (Lipinski definition) is 5. The van der Waals surface area contributed by atoms with Crippen molar-refractivity contribution in [3.8, 4) is 0 Å². The van der Waals surface area contributed by atoms with Gasteiger partial charge in [-0.2, -0.15) is 20.5 Å². The Morgan fingerprint density at radius 1 is 1.26 bits per heavy atom. The van der Waals surface area contributed by atoms with Gasteiger partial charge in [-0.15, -0.1) is 0 Å². The quantitative estimate of drug-likeness (QED) is 0.817. The summed E-state index contributed by atoms with van der Waals surface area (Å²) in [6.45, 7) is 0. The van der Waals surface area contributed by atoms with Gasteiger partial charge in [0.05, 0.1) is 4.90 Å². The van der Waals surface area contributed by atoms with E-state index in [9.17, 15) is 31.9 Å². The Balaban J connectivity index is 2.20. The van der Waals surface area contributed by atoms with Gasteiger partial charge in [-0.3, -0.25) is 4.79 Å². The third kappa shape index (κ3) is 3.47. The minimum atomic E-state index is -4.73. The zero-order chi connectivity index (χ0) is 17.3. The SMILES string of the molecule is O=C(NC1(C(=O)O)CCSC1)c1ccc(S(=O)(=O)C(F)F)cc1. The Labute approximate surface area is 135 Å². The van der Waals surface area contributed by atoms with E-state index < -0.39 is 37.9 Å². The minimum absolute atomic E-state index is 0.00394. The summed E-state index contributed by atoms with van der Waals surface area (Å²) in [7, 11) is -4.73. The van der Waals surface area contributed by atoms with Crippen molar-refractivity contribution >= 4 is 33.5 Å². The van der Waals surface area contributed by atoms with E-state index in [1.54, 1.807) is 0 Å².